The van der Waals surface area contributed by atoms with Crippen molar-refractivity contribution in [2.75, 3.05) is 13.6 Å². The summed E-state index contributed by atoms with van der Waals surface area (Å²) in [4.78, 5) is 11.7. The van der Waals surface area contributed by atoms with Gasteiger partial charge < -0.3 is 15.4 Å². The molecule has 130 valence electrons. The molecule has 2 rings (SSSR count). The van der Waals surface area contributed by atoms with E-state index in [-0.39, 0.29) is 18.3 Å². The Kier molecular flexibility index (Phi) is 9.72. The molecule has 0 bridgehead atoms. The fourth-order valence-corrected chi connectivity index (χ4v) is 2.78. The zero-order valence-electron chi connectivity index (χ0n) is 14.0. The van der Waals surface area contributed by atoms with E-state index < -0.39 is 0 Å². The molecule has 0 saturated heterocycles. The highest BCUT2D eigenvalue weighted by Gasteiger charge is 2.14. The van der Waals surface area contributed by atoms with E-state index >= 15 is 0 Å². The summed E-state index contributed by atoms with van der Waals surface area (Å²) in [6, 6.07) is 8.09. The number of ether oxygens (including phenoxy) is 1. The summed E-state index contributed by atoms with van der Waals surface area (Å²) in [6.07, 6.45) is 8.07. The van der Waals surface area contributed by atoms with Gasteiger partial charge in [-0.05, 0) is 63.4 Å². The molecule has 1 amide bonds. The van der Waals surface area contributed by atoms with Gasteiger partial charge in [0.05, 0.1) is 6.10 Å². The van der Waals surface area contributed by atoms with Crippen LogP contribution in [0.2, 0.25) is 0 Å². The van der Waals surface area contributed by atoms with Crippen LogP contribution in [0, 0.1) is 0 Å². The van der Waals surface area contributed by atoms with Crippen LogP contribution in [0.15, 0.2) is 24.3 Å². The van der Waals surface area contributed by atoms with Gasteiger partial charge >= 0.3 is 0 Å². The van der Waals surface area contributed by atoms with Crippen LogP contribution in [0.5, 0.6) is 5.75 Å². The van der Waals surface area contributed by atoms with Crippen molar-refractivity contribution in [1.29, 1.82) is 0 Å². The maximum absolute atomic E-state index is 11.7. The molecular weight excluding hydrogens is 312 g/mol. The van der Waals surface area contributed by atoms with Crippen molar-refractivity contribution < 1.29 is 9.53 Å². The number of carbonyl (C=O) groups excluding carboxylic acids is 1. The number of rotatable bonds is 8. The van der Waals surface area contributed by atoms with Gasteiger partial charge in [0.25, 0.3) is 0 Å². The van der Waals surface area contributed by atoms with E-state index in [2.05, 4.69) is 10.6 Å². The number of amides is 1. The highest BCUT2D eigenvalue weighted by atomic mass is 35.5. The van der Waals surface area contributed by atoms with E-state index in [1.54, 1.807) is 0 Å². The van der Waals surface area contributed by atoms with Crippen LogP contribution in [-0.2, 0) is 11.3 Å². The molecule has 23 heavy (non-hydrogen) atoms. The van der Waals surface area contributed by atoms with E-state index in [4.69, 9.17) is 4.74 Å². The maximum Gasteiger partial charge on any atom is 0.220 e. The van der Waals surface area contributed by atoms with Crippen LogP contribution in [0.1, 0.15) is 50.5 Å². The highest BCUT2D eigenvalue weighted by Crippen LogP contribution is 2.23. The molecule has 1 aromatic rings. The van der Waals surface area contributed by atoms with Crippen LogP contribution < -0.4 is 15.4 Å². The first kappa shape index (κ1) is 19.8. The molecule has 0 atom stereocenters. The summed E-state index contributed by atoms with van der Waals surface area (Å²) in [6.45, 7) is 1.46. The van der Waals surface area contributed by atoms with Crippen molar-refractivity contribution in [1.82, 2.24) is 10.6 Å². The molecule has 0 spiro atoms. The summed E-state index contributed by atoms with van der Waals surface area (Å²) in [7, 11) is 1.90. The zero-order valence-corrected chi connectivity index (χ0v) is 14.8. The van der Waals surface area contributed by atoms with Crippen molar-refractivity contribution >= 4 is 18.3 Å². The average molecular weight is 341 g/mol. The molecular formula is C18H29ClN2O2. The van der Waals surface area contributed by atoms with E-state index in [1.165, 1.54) is 32.1 Å². The number of hydrogen-bond donors (Lipinski definition) is 2. The second-order valence-corrected chi connectivity index (χ2v) is 6.01. The Bertz CT molecular complexity index is 445. The van der Waals surface area contributed by atoms with Crippen molar-refractivity contribution in [3.63, 3.8) is 0 Å². The van der Waals surface area contributed by atoms with Gasteiger partial charge in [0.2, 0.25) is 5.91 Å². The number of carbonyl (C=O) groups is 1. The minimum atomic E-state index is 0. The lowest BCUT2D eigenvalue weighted by Gasteiger charge is -2.23. The molecule has 4 nitrogen and oxygen atoms in total. The zero-order chi connectivity index (χ0) is 15.6. The van der Waals surface area contributed by atoms with Crippen LogP contribution >= 0.6 is 12.4 Å². The Labute approximate surface area is 145 Å². The van der Waals surface area contributed by atoms with Gasteiger partial charge in [-0.25, -0.2) is 0 Å². The van der Waals surface area contributed by atoms with Crippen LogP contribution in [0.3, 0.4) is 0 Å². The van der Waals surface area contributed by atoms with E-state index in [0.717, 1.165) is 24.3 Å². The first-order chi connectivity index (χ1) is 10.8. The van der Waals surface area contributed by atoms with Crippen LogP contribution in [0.4, 0.5) is 0 Å². The van der Waals surface area contributed by atoms with Crippen molar-refractivity contribution in [2.24, 2.45) is 0 Å². The summed E-state index contributed by atoms with van der Waals surface area (Å²) in [5.41, 5.74) is 1.11. The normalized spacial score (nSPS) is 14.8. The minimum Gasteiger partial charge on any atom is -0.490 e. The number of nitrogens with one attached hydrogen (secondary N) is 2. The monoisotopic (exact) mass is 340 g/mol. The lowest BCUT2D eigenvalue weighted by Crippen LogP contribution is -2.23. The van der Waals surface area contributed by atoms with Gasteiger partial charge in [-0.15, -0.1) is 12.4 Å². The first-order valence-corrected chi connectivity index (χ1v) is 8.45. The molecule has 1 aliphatic rings. The molecule has 1 aromatic carbocycles. The molecule has 5 heteroatoms. The third-order valence-corrected chi connectivity index (χ3v) is 4.10. The second-order valence-electron chi connectivity index (χ2n) is 6.01. The van der Waals surface area contributed by atoms with Crippen molar-refractivity contribution in [2.45, 2.75) is 57.6 Å². The Hall–Kier alpha value is -1.26. The van der Waals surface area contributed by atoms with E-state index in [1.807, 2.05) is 31.3 Å². The lowest BCUT2D eigenvalue weighted by molar-refractivity contribution is -0.121. The lowest BCUT2D eigenvalue weighted by atomic mass is 9.98. The maximum atomic E-state index is 11.7. The molecule has 0 unspecified atom stereocenters. The third-order valence-electron chi connectivity index (χ3n) is 4.10. The quantitative estimate of drug-likeness (QED) is 0.713. The second kappa shape index (κ2) is 11.3. The summed E-state index contributed by atoms with van der Waals surface area (Å²) >= 11 is 0. The summed E-state index contributed by atoms with van der Waals surface area (Å²) in [5.74, 6) is 1.05. The fourth-order valence-electron chi connectivity index (χ4n) is 2.78. The highest BCUT2D eigenvalue weighted by molar-refractivity contribution is 5.85. The summed E-state index contributed by atoms with van der Waals surface area (Å²) < 4.78 is 6.01. The Balaban J connectivity index is 0.00000264. The molecule has 2 N–H and O–H groups in total. The molecule has 1 fully saturated rings. The molecule has 0 heterocycles. The van der Waals surface area contributed by atoms with E-state index in [0.29, 0.717) is 19.1 Å². The smallest absolute Gasteiger partial charge is 0.220 e. The van der Waals surface area contributed by atoms with Gasteiger partial charge in [-0.2, -0.15) is 0 Å². The predicted molar refractivity (Wildman–Crippen MR) is 96.2 cm³/mol. The third kappa shape index (κ3) is 7.71. The topological polar surface area (TPSA) is 50.4 Å². The van der Waals surface area contributed by atoms with Crippen molar-refractivity contribution in [3.8, 4) is 5.75 Å². The SMILES string of the molecule is CNCCCC(=O)NCc1ccc(OC2CCCCC2)cc1.Cl. The number of hydrogen-bond acceptors (Lipinski definition) is 3. The van der Waals surface area contributed by atoms with Gasteiger partial charge in [0, 0.05) is 13.0 Å². The molecule has 1 aliphatic carbocycles. The molecule has 0 aromatic heterocycles. The van der Waals surface area contributed by atoms with Gasteiger partial charge in [-0.1, -0.05) is 18.6 Å². The van der Waals surface area contributed by atoms with Crippen LogP contribution in [-0.4, -0.2) is 25.6 Å². The Morgan fingerprint density at radius 3 is 2.52 bits per heavy atom. The number of halogens is 1. The van der Waals surface area contributed by atoms with Crippen LogP contribution in [0.25, 0.3) is 0 Å². The predicted octanol–water partition coefficient (Wildman–Crippen LogP) is 3.44. The molecule has 1 saturated carbocycles. The van der Waals surface area contributed by atoms with Gasteiger partial charge in [0.15, 0.2) is 0 Å². The largest absolute Gasteiger partial charge is 0.490 e. The standard InChI is InChI=1S/C18H28N2O2.ClH/c1-19-13-5-8-18(21)20-14-15-9-11-17(12-10-15)22-16-6-3-2-4-7-16;/h9-12,16,19H,2-8,13-14H2,1H3,(H,20,21);1H. The average Bonchev–Trinajstić information content (AvgIpc) is 2.55. The van der Waals surface area contributed by atoms with E-state index in [9.17, 15) is 4.79 Å². The van der Waals surface area contributed by atoms with Gasteiger partial charge in [-0.3, -0.25) is 4.79 Å². The Morgan fingerprint density at radius 2 is 1.87 bits per heavy atom. The minimum absolute atomic E-state index is 0. The molecule has 0 radical (unpaired) electrons. The molecule has 0 aliphatic heterocycles. The van der Waals surface area contributed by atoms with Gasteiger partial charge in [0.1, 0.15) is 5.75 Å². The first-order valence-electron chi connectivity index (χ1n) is 8.45. The number of benzene rings is 1. The fraction of sp³-hybridized carbons (Fsp3) is 0.611. The summed E-state index contributed by atoms with van der Waals surface area (Å²) in [5, 5.41) is 5.99. The Morgan fingerprint density at radius 1 is 1.17 bits per heavy atom. The van der Waals surface area contributed by atoms with Crippen molar-refractivity contribution in [3.05, 3.63) is 29.8 Å².